The molecule has 1 N–H and O–H groups in total. The number of carbonyl (C=O) groups excluding carboxylic acids is 2. The normalized spacial score (nSPS) is 17.5. The highest BCUT2D eigenvalue weighted by molar-refractivity contribution is 5.95. The maximum Gasteiger partial charge on any atom is 0.338 e. The Morgan fingerprint density at radius 2 is 1.88 bits per heavy atom. The molecule has 0 saturated heterocycles. The van der Waals surface area contributed by atoms with Gasteiger partial charge in [0.1, 0.15) is 6.61 Å². The van der Waals surface area contributed by atoms with Gasteiger partial charge in [-0.05, 0) is 30.9 Å². The molecule has 6 heteroatoms. The molecule has 1 aromatic carbocycles. The summed E-state index contributed by atoms with van der Waals surface area (Å²) in [5.74, 6) is -0.0210. The van der Waals surface area contributed by atoms with Gasteiger partial charge in [-0.3, -0.25) is 4.90 Å². The maximum atomic E-state index is 12.7. The molecule has 1 aliphatic heterocycles. The first-order valence-electron chi connectivity index (χ1n) is 8.95. The Hall–Kier alpha value is -2.34. The third kappa shape index (κ3) is 4.25. The van der Waals surface area contributed by atoms with Gasteiger partial charge in [0.05, 0.1) is 18.2 Å². The molecule has 0 saturated carbocycles. The Balaban J connectivity index is 2.39. The molecule has 0 aliphatic carbocycles. The van der Waals surface area contributed by atoms with Gasteiger partial charge in [-0.2, -0.15) is 0 Å². The predicted octanol–water partition coefficient (Wildman–Crippen LogP) is 3.36. The van der Waals surface area contributed by atoms with Crippen LogP contribution in [0.3, 0.4) is 0 Å². The van der Waals surface area contributed by atoms with E-state index in [0.29, 0.717) is 30.3 Å². The van der Waals surface area contributed by atoms with Crippen LogP contribution in [0.2, 0.25) is 0 Å². The minimum atomic E-state index is -0.526. The monoisotopic (exact) mass is 360 g/mol. The largest absolute Gasteiger partial charge is 0.460 e. The Kier molecular flexibility index (Phi) is 6.80. The van der Waals surface area contributed by atoms with Gasteiger partial charge in [0.2, 0.25) is 0 Å². The van der Waals surface area contributed by atoms with Crippen molar-refractivity contribution >= 4 is 12.0 Å². The summed E-state index contributed by atoms with van der Waals surface area (Å²) in [6.07, 6.45) is 0. The Labute approximate surface area is 155 Å². The van der Waals surface area contributed by atoms with Crippen molar-refractivity contribution in [2.24, 2.45) is 0 Å². The van der Waals surface area contributed by atoms with Gasteiger partial charge in [-0.15, -0.1) is 0 Å². The van der Waals surface area contributed by atoms with E-state index in [4.69, 9.17) is 9.47 Å². The maximum absolute atomic E-state index is 12.7. The van der Waals surface area contributed by atoms with Crippen molar-refractivity contribution in [1.82, 2.24) is 10.2 Å². The van der Waals surface area contributed by atoms with E-state index in [1.54, 1.807) is 18.9 Å². The molecule has 26 heavy (non-hydrogen) atoms. The van der Waals surface area contributed by atoms with Gasteiger partial charge in [-0.1, -0.05) is 38.1 Å². The molecule has 1 aliphatic rings. The van der Waals surface area contributed by atoms with E-state index in [0.717, 1.165) is 5.56 Å². The summed E-state index contributed by atoms with van der Waals surface area (Å²) in [7, 11) is 1.55. The van der Waals surface area contributed by atoms with Crippen LogP contribution < -0.4 is 5.32 Å². The zero-order valence-corrected chi connectivity index (χ0v) is 16.2. The lowest BCUT2D eigenvalue weighted by atomic mass is 9.92. The van der Waals surface area contributed by atoms with Gasteiger partial charge < -0.3 is 14.8 Å². The van der Waals surface area contributed by atoms with Crippen molar-refractivity contribution in [2.75, 3.05) is 26.9 Å². The SMILES string of the molecule is CCN1C(=O)NC(c2ccc(C(C)C)cc2)C(C(=O)OCCOC)=C1C. The lowest BCUT2D eigenvalue weighted by molar-refractivity contribution is -0.140. The summed E-state index contributed by atoms with van der Waals surface area (Å²) in [5, 5.41) is 2.93. The van der Waals surface area contributed by atoms with E-state index in [9.17, 15) is 9.59 Å². The number of amides is 2. The minimum Gasteiger partial charge on any atom is -0.460 e. The lowest BCUT2D eigenvalue weighted by Gasteiger charge is -2.35. The lowest BCUT2D eigenvalue weighted by Crippen LogP contribution is -2.47. The molecular formula is C20H28N2O4. The summed E-state index contributed by atoms with van der Waals surface area (Å²) in [6, 6.07) is 7.23. The predicted molar refractivity (Wildman–Crippen MR) is 99.7 cm³/mol. The van der Waals surface area contributed by atoms with Crippen LogP contribution in [0.4, 0.5) is 4.79 Å². The van der Waals surface area contributed by atoms with Crippen molar-refractivity contribution in [1.29, 1.82) is 0 Å². The first-order chi connectivity index (χ1) is 12.4. The van der Waals surface area contributed by atoms with Crippen molar-refractivity contribution in [3.05, 3.63) is 46.7 Å². The summed E-state index contributed by atoms with van der Waals surface area (Å²) in [6.45, 7) is 8.88. The molecular weight excluding hydrogens is 332 g/mol. The molecule has 0 bridgehead atoms. The molecule has 1 atom stereocenters. The number of nitrogens with zero attached hydrogens (tertiary/aromatic N) is 1. The second kappa shape index (κ2) is 8.85. The summed E-state index contributed by atoms with van der Waals surface area (Å²) in [4.78, 5) is 26.7. The van der Waals surface area contributed by atoms with Crippen molar-refractivity contribution in [2.45, 2.75) is 39.7 Å². The van der Waals surface area contributed by atoms with Crippen LogP contribution in [-0.4, -0.2) is 43.8 Å². The van der Waals surface area contributed by atoms with Crippen molar-refractivity contribution in [3.8, 4) is 0 Å². The number of urea groups is 1. The number of rotatable bonds is 7. The average molecular weight is 360 g/mol. The van der Waals surface area contributed by atoms with Crippen LogP contribution in [0.15, 0.2) is 35.5 Å². The number of hydrogen-bond donors (Lipinski definition) is 1. The molecule has 0 fully saturated rings. The highest BCUT2D eigenvalue weighted by Crippen LogP contribution is 2.31. The molecule has 0 aromatic heterocycles. The third-order valence-corrected chi connectivity index (χ3v) is 4.59. The van der Waals surface area contributed by atoms with Crippen LogP contribution in [0.25, 0.3) is 0 Å². The number of ether oxygens (including phenoxy) is 2. The molecule has 142 valence electrons. The molecule has 0 spiro atoms. The molecule has 2 amide bonds. The number of hydrogen-bond acceptors (Lipinski definition) is 4. The second-order valence-corrected chi connectivity index (χ2v) is 6.58. The average Bonchev–Trinajstić information content (AvgIpc) is 2.61. The number of nitrogens with one attached hydrogen (secondary N) is 1. The third-order valence-electron chi connectivity index (χ3n) is 4.59. The molecule has 1 aromatic rings. The number of allylic oxidation sites excluding steroid dienone is 1. The first-order valence-corrected chi connectivity index (χ1v) is 8.95. The summed E-state index contributed by atoms with van der Waals surface area (Å²) >= 11 is 0. The minimum absolute atomic E-state index is 0.172. The van der Waals surface area contributed by atoms with Gasteiger partial charge in [0.25, 0.3) is 0 Å². The molecule has 1 heterocycles. The van der Waals surface area contributed by atoms with Crippen molar-refractivity contribution in [3.63, 3.8) is 0 Å². The van der Waals surface area contributed by atoms with Crippen LogP contribution in [0.1, 0.15) is 50.8 Å². The number of carbonyl (C=O) groups is 2. The Bertz CT molecular complexity index is 680. The van der Waals surface area contributed by atoms with Gasteiger partial charge in [-0.25, -0.2) is 9.59 Å². The summed E-state index contributed by atoms with van der Waals surface area (Å²) in [5.41, 5.74) is 3.14. The van der Waals surface area contributed by atoms with Crippen LogP contribution >= 0.6 is 0 Å². The molecule has 2 rings (SSSR count). The molecule has 6 nitrogen and oxygen atoms in total. The summed E-state index contributed by atoms with van der Waals surface area (Å²) < 4.78 is 10.3. The first kappa shape index (κ1) is 20.0. The molecule has 0 radical (unpaired) electrons. The number of benzene rings is 1. The topological polar surface area (TPSA) is 67.9 Å². The van der Waals surface area contributed by atoms with Crippen LogP contribution in [0, 0.1) is 0 Å². The Morgan fingerprint density at radius 3 is 2.42 bits per heavy atom. The standard InChI is InChI=1S/C20H28N2O4/c1-6-22-14(4)17(19(23)26-12-11-25-5)18(21-20(22)24)16-9-7-15(8-10-16)13(2)3/h7-10,13,18H,6,11-12H2,1-5H3,(H,21,24). The fraction of sp³-hybridized carbons (Fsp3) is 0.500. The Morgan fingerprint density at radius 1 is 1.23 bits per heavy atom. The van der Waals surface area contributed by atoms with E-state index in [1.807, 2.05) is 31.2 Å². The quantitative estimate of drug-likeness (QED) is 0.598. The molecule has 1 unspecified atom stereocenters. The van der Waals surface area contributed by atoms with Gasteiger partial charge >= 0.3 is 12.0 Å². The van der Waals surface area contributed by atoms with Gasteiger partial charge in [0, 0.05) is 19.4 Å². The highest BCUT2D eigenvalue weighted by atomic mass is 16.6. The smallest absolute Gasteiger partial charge is 0.338 e. The van der Waals surface area contributed by atoms with Crippen LogP contribution in [0.5, 0.6) is 0 Å². The van der Waals surface area contributed by atoms with E-state index in [2.05, 4.69) is 19.2 Å². The highest BCUT2D eigenvalue weighted by Gasteiger charge is 2.35. The number of methoxy groups -OCH3 is 1. The number of esters is 1. The zero-order chi connectivity index (χ0) is 19.3. The van der Waals surface area contributed by atoms with Crippen molar-refractivity contribution < 1.29 is 19.1 Å². The van der Waals surface area contributed by atoms with E-state index < -0.39 is 12.0 Å². The fourth-order valence-corrected chi connectivity index (χ4v) is 3.05. The van der Waals surface area contributed by atoms with E-state index in [1.165, 1.54) is 5.56 Å². The van der Waals surface area contributed by atoms with E-state index >= 15 is 0 Å². The fourth-order valence-electron chi connectivity index (χ4n) is 3.05. The van der Waals surface area contributed by atoms with E-state index in [-0.39, 0.29) is 12.6 Å². The second-order valence-electron chi connectivity index (χ2n) is 6.58. The van der Waals surface area contributed by atoms with Crippen LogP contribution in [-0.2, 0) is 14.3 Å². The zero-order valence-electron chi connectivity index (χ0n) is 16.2. The van der Waals surface area contributed by atoms with Gasteiger partial charge in [0.15, 0.2) is 0 Å².